The molecule has 0 unspecified atom stereocenters. The molecule has 1 heterocycles. The summed E-state index contributed by atoms with van der Waals surface area (Å²) in [6, 6.07) is 4.89. The zero-order valence-electron chi connectivity index (χ0n) is 10.5. The Hall–Kier alpha value is -1.79. The van der Waals surface area contributed by atoms with Crippen molar-refractivity contribution in [3.63, 3.8) is 0 Å². The van der Waals surface area contributed by atoms with Gasteiger partial charge in [0.25, 0.3) is 5.56 Å². The number of hydrogen-bond donors (Lipinski definition) is 1. The fourth-order valence-corrected chi connectivity index (χ4v) is 2.62. The van der Waals surface area contributed by atoms with Gasteiger partial charge in [0, 0.05) is 11.6 Å². The molecule has 2 rings (SSSR count). The van der Waals surface area contributed by atoms with Crippen molar-refractivity contribution in [2.45, 2.75) is 11.7 Å². The highest BCUT2D eigenvalue weighted by molar-refractivity contribution is 7.99. The molecule has 2 aromatic rings. The number of hydrogen-bond acceptors (Lipinski definition) is 4. The predicted molar refractivity (Wildman–Crippen MR) is 81.1 cm³/mol. The van der Waals surface area contributed by atoms with Crippen molar-refractivity contribution in [1.29, 1.82) is 0 Å². The summed E-state index contributed by atoms with van der Waals surface area (Å²) in [6.45, 7) is 3.93. The monoisotopic (exact) mass is 309 g/mol. The number of rotatable bonds is 5. The fourth-order valence-electron chi connectivity index (χ4n) is 1.71. The van der Waals surface area contributed by atoms with Crippen LogP contribution in [-0.4, -0.2) is 21.2 Å². The molecule has 5 nitrogen and oxygen atoms in total. The number of primary amides is 1. The maximum Gasteiger partial charge on any atom is 0.262 e. The molecular formula is C13H12ClN3O2S. The number of nitrogens with two attached hydrogens (primary N) is 1. The first kappa shape index (κ1) is 14.6. The fraction of sp³-hybridized carbons (Fsp3) is 0.154. The molecule has 1 aromatic carbocycles. The minimum absolute atomic E-state index is 0.0512. The summed E-state index contributed by atoms with van der Waals surface area (Å²) >= 11 is 7.02. The van der Waals surface area contributed by atoms with E-state index >= 15 is 0 Å². The molecule has 7 heteroatoms. The Balaban J connectivity index is 2.63. The second kappa shape index (κ2) is 6.11. The number of amides is 1. The Morgan fingerprint density at radius 2 is 2.30 bits per heavy atom. The molecule has 0 spiro atoms. The SMILES string of the molecule is C=CCn1c(SCC(N)=O)nc2cc(Cl)ccc2c1=O. The van der Waals surface area contributed by atoms with Crippen LogP contribution in [0.5, 0.6) is 0 Å². The lowest BCUT2D eigenvalue weighted by atomic mass is 10.2. The van der Waals surface area contributed by atoms with Crippen molar-refractivity contribution >= 4 is 40.2 Å². The zero-order chi connectivity index (χ0) is 14.7. The van der Waals surface area contributed by atoms with Crippen molar-refractivity contribution in [2.24, 2.45) is 5.73 Å². The Morgan fingerprint density at radius 3 is 2.95 bits per heavy atom. The van der Waals surface area contributed by atoms with E-state index in [1.165, 1.54) is 4.57 Å². The zero-order valence-corrected chi connectivity index (χ0v) is 12.1. The molecule has 0 aliphatic carbocycles. The van der Waals surface area contributed by atoms with Crippen LogP contribution in [-0.2, 0) is 11.3 Å². The first-order valence-electron chi connectivity index (χ1n) is 5.75. The van der Waals surface area contributed by atoms with Crippen molar-refractivity contribution in [3.8, 4) is 0 Å². The first-order chi connectivity index (χ1) is 9.52. The number of allylic oxidation sites excluding steroid dienone is 1. The predicted octanol–water partition coefficient (Wildman–Crippen LogP) is 1.81. The third kappa shape index (κ3) is 3.02. The summed E-state index contributed by atoms with van der Waals surface area (Å²) in [5.41, 5.74) is 5.42. The largest absolute Gasteiger partial charge is 0.369 e. The van der Waals surface area contributed by atoms with Crippen LogP contribution >= 0.6 is 23.4 Å². The van der Waals surface area contributed by atoms with E-state index in [4.69, 9.17) is 17.3 Å². The van der Waals surface area contributed by atoms with E-state index in [-0.39, 0.29) is 11.3 Å². The average molecular weight is 310 g/mol. The number of carbonyl (C=O) groups excluding carboxylic acids is 1. The molecule has 104 valence electrons. The smallest absolute Gasteiger partial charge is 0.262 e. The van der Waals surface area contributed by atoms with Crippen LogP contribution < -0.4 is 11.3 Å². The Bertz CT molecular complexity index is 742. The highest BCUT2D eigenvalue weighted by Gasteiger charge is 2.12. The van der Waals surface area contributed by atoms with Gasteiger partial charge in [-0.1, -0.05) is 29.4 Å². The summed E-state index contributed by atoms with van der Waals surface area (Å²) in [6.07, 6.45) is 1.60. The van der Waals surface area contributed by atoms with Gasteiger partial charge in [-0.15, -0.1) is 6.58 Å². The van der Waals surface area contributed by atoms with E-state index < -0.39 is 5.91 Å². The number of halogens is 1. The van der Waals surface area contributed by atoms with Gasteiger partial charge in [-0.05, 0) is 18.2 Å². The molecular weight excluding hydrogens is 298 g/mol. The molecule has 0 atom stereocenters. The van der Waals surface area contributed by atoms with E-state index in [0.29, 0.717) is 27.6 Å². The quantitative estimate of drug-likeness (QED) is 0.519. The summed E-state index contributed by atoms with van der Waals surface area (Å²) in [4.78, 5) is 27.7. The van der Waals surface area contributed by atoms with Crippen LogP contribution in [0.2, 0.25) is 5.02 Å². The number of nitrogens with zero attached hydrogens (tertiary/aromatic N) is 2. The molecule has 1 aromatic heterocycles. The second-order valence-electron chi connectivity index (χ2n) is 4.02. The van der Waals surface area contributed by atoms with Gasteiger partial charge in [-0.25, -0.2) is 4.98 Å². The molecule has 0 aliphatic heterocycles. The molecule has 0 fully saturated rings. The maximum atomic E-state index is 12.4. The topological polar surface area (TPSA) is 78.0 Å². The minimum atomic E-state index is -0.472. The highest BCUT2D eigenvalue weighted by atomic mass is 35.5. The lowest BCUT2D eigenvalue weighted by Gasteiger charge is -2.10. The third-order valence-corrected chi connectivity index (χ3v) is 3.77. The van der Waals surface area contributed by atoms with Gasteiger partial charge in [0.15, 0.2) is 5.16 Å². The van der Waals surface area contributed by atoms with E-state index in [9.17, 15) is 9.59 Å². The van der Waals surface area contributed by atoms with Crippen LogP contribution in [0.25, 0.3) is 10.9 Å². The van der Waals surface area contributed by atoms with E-state index in [0.717, 1.165) is 11.8 Å². The summed E-state index contributed by atoms with van der Waals surface area (Å²) in [5.74, 6) is -0.420. The van der Waals surface area contributed by atoms with Crippen molar-refractivity contribution in [3.05, 3.63) is 46.2 Å². The number of thioether (sulfide) groups is 1. The summed E-state index contributed by atoms with van der Waals surface area (Å²) in [5, 5.41) is 1.39. The molecule has 2 N–H and O–H groups in total. The molecule has 0 bridgehead atoms. The van der Waals surface area contributed by atoms with Gasteiger partial charge >= 0.3 is 0 Å². The number of aromatic nitrogens is 2. The van der Waals surface area contributed by atoms with Gasteiger partial charge in [0.05, 0.1) is 16.7 Å². The Labute approximate surface area is 124 Å². The third-order valence-electron chi connectivity index (χ3n) is 2.54. The molecule has 1 amide bonds. The first-order valence-corrected chi connectivity index (χ1v) is 7.11. The van der Waals surface area contributed by atoms with Gasteiger partial charge in [-0.3, -0.25) is 14.2 Å². The average Bonchev–Trinajstić information content (AvgIpc) is 2.39. The van der Waals surface area contributed by atoms with Crippen LogP contribution in [0.4, 0.5) is 0 Å². The lowest BCUT2D eigenvalue weighted by molar-refractivity contribution is -0.115. The lowest BCUT2D eigenvalue weighted by Crippen LogP contribution is -2.23. The van der Waals surface area contributed by atoms with Crippen molar-refractivity contribution in [2.75, 3.05) is 5.75 Å². The van der Waals surface area contributed by atoms with Crippen molar-refractivity contribution in [1.82, 2.24) is 9.55 Å². The Morgan fingerprint density at radius 1 is 1.55 bits per heavy atom. The second-order valence-corrected chi connectivity index (χ2v) is 5.39. The van der Waals surface area contributed by atoms with Gasteiger partial charge in [-0.2, -0.15) is 0 Å². The maximum absolute atomic E-state index is 12.4. The van der Waals surface area contributed by atoms with Gasteiger partial charge in [0.2, 0.25) is 5.91 Å². The van der Waals surface area contributed by atoms with Crippen LogP contribution in [0, 0.1) is 0 Å². The van der Waals surface area contributed by atoms with Crippen LogP contribution in [0.3, 0.4) is 0 Å². The van der Waals surface area contributed by atoms with Crippen LogP contribution in [0.1, 0.15) is 0 Å². The summed E-state index contributed by atoms with van der Waals surface area (Å²) < 4.78 is 1.46. The van der Waals surface area contributed by atoms with Crippen LogP contribution in [0.15, 0.2) is 40.8 Å². The number of carbonyl (C=O) groups is 1. The van der Waals surface area contributed by atoms with E-state index in [2.05, 4.69) is 11.6 Å². The highest BCUT2D eigenvalue weighted by Crippen LogP contribution is 2.20. The molecule has 0 radical (unpaired) electrons. The molecule has 0 saturated carbocycles. The standard InChI is InChI=1S/C13H12ClN3O2S/c1-2-5-17-12(19)9-4-3-8(14)6-10(9)16-13(17)20-7-11(15)18/h2-4,6H,1,5,7H2,(H2,15,18). The van der Waals surface area contributed by atoms with Gasteiger partial charge < -0.3 is 5.73 Å². The molecule has 20 heavy (non-hydrogen) atoms. The molecule has 0 saturated heterocycles. The van der Waals surface area contributed by atoms with Crippen molar-refractivity contribution < 1.29 is 4.79 Å². The normalized spacial score (nSPS) is 10.7. The number of benzene rings is 1. The Kier molecular flexibility index (Phi) is 4.46. The van der Waals surface area contributed by atoms with Gasteiger partial charge in [0.1, 0.15) is 0 Å². The number of fused-ring (bicyclic) bond motifs is 1. The molecule has 0 aliphatic rings. The van der Waals surface area contributed by atoms with E-state index in [1.54, 1.807) is 24.3 Å². The minimum Gasteiger partial charge on any atom is -0.369 e. The summed E-state index contributed by atoms with van der Waals surface area (Å²) in [7, 11) is 0. The van der Waals surface area contributed by atoms with E-state index in [1.807, 2.05) is 0 Å².